The van der Waals surface area contributed by atoms with E-state index < -0.39 is 0 Å². The molecule has 0 aromatic heterocycles. The molecule has 2 aromatic rings. The second kappa shape index (κ2) is 8.28. The van der Waals surface area contributed by atoms with Crippen molar-refractivity contribution in [1.82, 2.24) is 5.32 Å². The number of nitrogens with one attached hydrogen (secondary N) is 1. The van der Waals surface area contributed by atoms with Gasteiger partial charge in [0.25, 0.3) is 0 Å². The Bertz CT molecular complexity index is 560. The standard InChI is InChI=1S/C17H19Cl2NO/c1-2-20-15(12-21-16-6-4-3-5-7-16)10-13-8-9-14(18)11-17(13)19/h3-9,11,15,20H,2,10,12H2,1H3. The molecule has 0 aliphatic heterocycles. The number of hydrogen-bond donors (Lipinski definition) is 1. The molecule has 0 aliphatic rings. The van der Waals surface area contributed by atoms with Crippen molar-refractivity contribution in [2.75, 3.05) is 13.2 Å². The van der Waals surface area contributed by atoms with E-state index in [1.165, 1.54) is 0 Å². The third-order valence-corrected chi connectivity index (χ3v) is 3.76. The van der Waals surface area contributed by atoms with E-state index in [-0.39, 0.29) is 6.04 Å². The van der Waals surface area contributed by atoms with Gasteiger partial charge in [0.1, 0.15) is 12.4 Å². The van der Waals surface area contributed by atoms with Gasteiger partial charge in [0.2, 0.25) is 0 Å². The summed E-state index contributed by atoms with van der Waals surface area (Å²) < 4.78 is 5.82. The largest absolute Gasteiger partial charge is 0.492 e. The lowest BCUT2D eigenvalue weighted by Gasteiger charge is -2.19. The number of benzene rings is 2. The fourth-order valence-corrected chi connectivity index (χ4v) is 2.63. The van der Waals surface area contributed by atoms with Crippen LogP contribution in [0.4, 0.5) is 0 Å². The van der Waals surface area contributed by atoms with Gasteiger partial charge in [-0.2, -0.15) is 0 Å². The molecule has 0 bridgehead atoms. The lowest BCUT2D eigenvalue weighted by molar-refractivity contribution is 0.265. The normalized spacial score (nSPS) is 12.1. The van der Waals surface area contributed by atoms with E-state index in [4.69, 9.17) is 27.9 Å². The van der Waals surface area contributed by atoms with Gasteiger partial charge in [-0.15, -0.1) is 0 Å². The van der Waals surface area contributed by atoms with Crippen LogP contribution in [-0.2, 0) is 6.42 Å². The number of likely N-dealkylation sites (N-methyl/N-ethyl adjacent to an activating group) is 1. The van der Waals surface area contributed by atoms with Gasteiger partial charge < -0.3 is 10.1 Å². The fraction of sp³-hybridized carbons (Fsp3) is 0.294. The lowest BCUT2D eigenvalue weighted by atomic mass is 10.1. The molecule has 0 spiro atoms. The van der Waals surface area contributed by atoms with E-state index in [9.17, 15) is 0 Å². The van der Waals surface area contributed by atoms with Crippen LogP contribution in [0.5, 0.6) is 5.75 Å². The van der Waals surface area contributed by atoms with Crippen LogP contribution in [0.3, 0.4) is 0 Å². The molecular formula is C17H19Cl2NO. The van der Waals surface area contributed by atoms with Crippen LogP contribution in [0.2, 0.25) is 10.0 Å². The molecule has 0 fully saturated rings. The summed E-state index contributed by atoms with van der Waals surface area (Å²) in [6, 6.07) is 15.6. The molecule has 112 valence electrons. The average Bonchev–Trinajstić information content (AvgIpc) is 2.49. The summed E-state index contributed by atoms with van der Waals surface area (Å²) in [6.07, 6.45) is 0.802. The Kier molecular flexibility index (Phi) is 6.37. The van der Waals surface area contributed by atoms with Crippen LogP contribution in [0.1, 0.15) is 12.5 Å². The second-order valence-electron chi connectivity index (χ2n) is 4.82. The maximum Gasteiger partial charge on any atom is 0.119 e. The summed E-state index contributed by atoms with van der Waals surface area (Å²) in [5.74, 6) is 0.877. The van der Waals surface area contributed by atoms with Crippen molar-refractivity contribution in [3.8, 4) is 5.75 Å². The Balaban J connectivity index is 1.98. The number of para-hydroxylation sites is 1. The molecule has 1 unspecified atom stereocenters. The summed E-state index contributed by atoms with van der Waals surface area (Å²) in [5.41, 5.74) is 1.07. The number of ether oxygens (including phenoxy) is 1. The lowest BCUT2D eigenvalue weighted by Crippen LogP contribution is -2.36. The molecule has 0 radical (unpaired) electrons. The summed E-state index contributed by atoms with van der Waals surface area (Å²) in [4.78, 5) is 0. The van der Waals surface area contributed by atoms with Crippen molar-refractivity contribution in [3.63, 3.8) is 0 Å². The predicted octanol–water partition coefficient (Wildman–Crippen LogP) is 4.59. The Labute approximate surface area is 136 Å². The van der Waals surface area contributed by atoms with Gasteiger partial charge >= 0.3 is 0 Å². The summed E-state index contributed by atoms with van der Waals surface area (Å²) in [6.45, 7) is 3.56. The third-order valence-electron chi connectivity index (χ3n) is 3.17. The van der Waals surface area contributed by atoms with E-state index >= 15 is 0 Å². The highest BCUT2D eigenvalue weighted by Gasteiger charge is 2.12. The van der Waals surface area contributed by atoms with Crippen LogP contribution < -0.4 is 10.1 Å². The van der Waals surface area contributed by atoms with Gasteiger partial charge in [-0.25, -0.2) is 0 Å². The number of rotatable bonds is 7. The second-order valence-corrected chi connectivity index (χ2v) is 5.66. The van der Waals surface area contributed by atoms with Gasteiger partial charge in [0.15, 0.2) is 0 Å². The van der Waals surface area contributed by atoms with Gasteiger partial charge in [-0.3, -0.25) is 0 Å². The van der Waals surface area contributed by atoms with Gasteiger partial charge in [0.05, 0.1) is 0 Å². The van der Waals surface area contributed by atoms with Crippen molar-refractivity contribution < 1.29 is 4.74 Å². The predicted molar refractivity (Wildman–Crippen MR) is 89.6 cm³/mol. The number of halogens is 2. The maximum atomic E-state index is 6.24. The molecule has 21 heavy (non-hydrogen) atoms. The minimum atomic E-state index is 0.203. The Morgan fingerprint density at radius 3 is 2.52 bits per heavy atom. The summed E-state index contributed by atoms with van der Waals surface area (Å²) in [7, 11) is 0. The summed E-state index contributed by atoms with van der Waals surface area (Å²) in [5, 5.41) is 4.78. The first kappa shape index (κ1) is 16.2. The number of hydrogen-bond acceptors (Lipinski definition) is 2. The van der Waals surface area contributed by atoms with E-state index in [0.717, 1.165) is 24.3 Å². The first-order valence-electron chi connectivity index (χ1n) is 7.04. The molecule has 0 amide bonds. The Hall–Kier alpha value is -1.22. The Morgan fingerprint density at radius 2 is 1.86 bits per heavy atom. The van der Waals surface area contributed by atoms with E-state index in [1.807, 2.05) is 42.5 Å². The topological polar surface area (TPSA) is 21.3 Å². The minimum absolute atomic E-state index is 0.203. The van der Waals surface area contributed by atoms with Crippen molar-refractivity contribution in [1.29, 1.82) is 0 Å². The molecule has 2 nitrogen and oxygen atoms in total. The highest BCUT2D eigenvalue weighted by atomic mass is 35.5. The molecule has 0 aliphatic carbocycles. The molecule has 2 aromatic carbocycles. The van der Waals surface area contributed by atoms with Crippen molar-refractivity contribution in [2.45, 2.75) is 19.4 Å². The zero-order chi connectivity index (χ0) is 15.1. The van der Waals surface area contributed by atoms with Crippen molar-refractivity contribution in [3.05, 3.63) is 64.1 Å². The van der Waals surface area contributed by atoms with Crippen LogP contribution in [0.25, 0.3) is 0 Å². The molecular weight excluding hydrogens is 305 g/mol. The molecule has 1 atom stereocenters. The zero-order valence-electron chi connectivity index (χ0n) is 12.0. The van der Waals surface area contributed by atoms with Crippen molar-refractivity contribution >= 4 is 23.2 Å². The molecule has 2 rings (SSSR count). The van der Waals surface area contributed by atoms with Crippen LogP contribution in [0, 0.1) is 0 Å². The maximum absolute atomic E-state index is 6.24. The molecule has 0 saturated heterocycles. The van der Waals surface area contributed by atoms with Crippen LogP contribution in [-0.4, -0.2) is 19.2 Å². The van der Waals surface area contributed by atoms with Crippen LogP contribution >= 0.6 is 23.2 Å². The Morgan fingerprint density at radius 1 is 1.10 bits per heavy atom. The first-order valence-corrected chi connectivity index (χ1v) is 7.79. The minimum Gasteiger partial charge on any atom is -0.492 e. The van der Waals surface area contributed by atoms with Gasteiger partial charge in [0, 0.05) is 16.1 Å². The van der Waals surface area contributed by atoms with E-state index in [0.29, 0.717) is 16.7 Å². The molecule has 4 heteroatoms. The summed E-state index contributed by atoms with van der Waals surface area (Å²) >= 11 is 12.2. The quantitative estimate of drug-likeness (QED) is 0.804. The average molecular weight is 324 g/mol. The SMILES string of the molecule is CCNC(COc1ccccc1)Cc1ccc(Cl)cc1Cl. The third kappa shape index (κ3) is 5.24. The first-order chi connectivity index (χ1) is 10.2. The highest BCUT2D eigenvalue weighted by Crippen LogP contribution is 2.22. The van der Waals surface area contributed by atoms with E-state index in [1.54, 1.807) is 6.07 Å². The monoisotopic (exact) mass is 323 g/mol. The molecule has 0 heterocycles. The zero-order valence-corrected chi connectivity index (χ0v) is 13.5. The van der Waals surface area contributed by atoms with Gasteiger partial charge in [-0.05, 0) is 42.8 Å². The smallest absolute Gasteiger partial charge is 0.119 e. The molecule has 0 saturated carbocycles. The fourth-order valence-electron chi connectivity index (χ4n) is 2.14. The van der Waals surface area contributed by atoms with Gasteiger partial charge in [-0.1, -0.05) is 54.4 Å². The van der Waals surface area contributed by atoms with E-state index in [2.05, 4.69) is 12.2 Å². The van der Waals surface area contributed by atoms with Crippen molar-refractivity contribution in [2.24, 2.45) is 0 Å². The highest BCUT2D eigenvalue weighted by molar-refractivity contribution is 6.35. The molecule has 1 N–H and O–H groups in total. The van der Waals surface area contributed by atoms with Crippen LogP contribution in [0.15, 0.2) is 48.5 Å².